The largest absolute Gasteiger partial charge is 0.328 e. The molecule has 1 saturated carbocycles. The Morgan fingerprint density at radius 3 is 2.90 bits per heavy atom. The molecule has 3 rings (SSSR count). The smallest absolute Gasteiger partial charge is 0.274 e. The first-order chi connectivity index (χ1) is 10.2. The second kappa shape index (κ2) is 5.95. The second-order valence-electron chi connectivity index (χ2n) is 5.74. The van der Waals surface area contributed by atoms with Gasteiger partial charge in [-0.2, -0.15) is 4.52 Å². The van der Waals surface area contributed by atoms with Crippen LogP contribution in [0, 0.1) is 0 Å². The van der Waals surface area contributed by atoms with Crippen LogP contribution in [0.3, 0.4) is 0 Å². The van der Waals surface area contributed by atoms with Gasteiger partial charge < -0.3 is 5.73 Å². The lowest BCUT2D eigenvalue weighted by Crippen LogP contribution is -2.40. The van der Waals surface area contributed by atoms with Crippen molar-refractivity contribution in [3.05, 3.63) is 28.4 Å². The van der Waals surface area contributed by atoms with Gasteiger partial charge >= 0.3 is 0 Å². The molecule has 7 nitrogen and oxygen atoms in total. The second-order valence-corrected chi connectivity index (χ2v) is 5.74. The first-order valence-corrected chi connectivity index (χ1v) is 7.59. The molecule has 0 spiro atoms. The highest BCUT2D eigenvalue weighted by atomic mass is 16.1. The topological polar surface area (TPSA) is 92.3 Å². The van der Waals surface area contributed by atoms with Gasteiger partial charge in [0.25, 0.3) is 11.3 Å². The SMILES string of the molecule is CCN(Cc1cc(=O)n2[nH]cnc2n1)C1CCC(N)CC1. The molecule has 0 amide bonds. The van der Waals surface area contributed by atoms with Gasteiger partial charge in [-0.05, 0) is 32.2 Å². The number of hydrogen-bond acceptors (Lipinski definition) is 5. The van der Waals surface area contributed by atoms with Crippen LogP contribution in [0.1, 0.15) is 38.3 Å². The average Bonchev–Trinajstić information content (AvgIpc) is 2.95. The van der Waals surface area contributed by atoms with Gasteiger partial charge in [-0.15, -0.1) is 0 Å². The Kier molecular flexibility index (Phi) is 4.03. The van der Waals surface area contributed by atoms with Crippen LogP contribution >= 0.6 is 0 Å². The standard InChI is InChI=1S/C14H22N6O/c1-2-19(12-5-3-10(15)4-6-12)8-11-7-13(21)20-14(18-11)16-9-17-20/h7,9-10,12H,2-6,8,15H2,1H3,(H,16,17,18). The first kappa shape index (κ1) is 14.2. The molecule has 0 aromatic carbocycles. The van der Waals surface area contributed by atoms with Crippen molar-refractivity contribution in [1.82, 2.24) is 24.5 Å². The average molecular weight is 290 g/mol. The van der Waals surface area contributed by atoms with Crippen molar-refractivity contribution < 1.29 is 0 Å². The van der Waals surface area contributed by atoms with E-state index in [-0.39, 0.29) is 5.56 Å². The quantitative estimate of drug-likeness (QED) is 0.856. The van der Waals surface area contributed by atoms with Crippen molar-refractivity contribution in [3.8, 4) is 0 Å². The normalized spacial score (nSPS) is 23.0. The maximum absolute atomic E-state index is 12.0. The zero-order valence-electron chi connectivity index (χ0n) is 12.3. The Bertz CT molecular complexity index is 655. The first-order valence-electron chi connectivity index (χ1n) is 7.59. The molecule has 21 heavy (non-hydrogen) atoms. The fourth-order valence-electron chi connectivity index (χ4n) is 3.12. The Balaban J connectivity index is 1.77. The van der Waals surface area contributed by atoms with Gasteiger partial charge in [0.05, 0.1) is 5.69 Å². The minimum atomic E-state index is -0.116. The maximum atomic E-state index is 12.0. The summed E-state index contributed by atoms with van der Waals surface area (Å²) in [6, 6.07) is 2.47. The minimum Gasteiger partial charge on any atom is -0.328 e. The Morgan fingerprint density at radius 1 is 1.43 bits per heavy atom. The van der Waals surface area contributed by atoms with Crippen LogP contribution in [0.2, 0.25) is 0 Å². The molecule has 1 aliphatic carbocycles. The number of nitrogens with two attached hydrogens (primary N) is 1. The van der Waals surface area contributed by atoms with Crippen molar-refractivity contribution in [1.29, 1.82) is 0 Å². The summed E-state index contributed by atoms with van der Waals surface area (Å²) < 4.78 is 1.35. The summed E-state index contributed by atoms with van der Waals surface area (Å²) >= 11 is 0. The molecule has 0 aliphatic heterocycles. The molecule has 2 heterocycles. The molecule has 2 aromatic heterocycles. The summed E-state index contributed by atoms with van der Waals surface area (Å²) in [6.07, 6.45) is 5.89. The van der Waals surface area contributed by atoms with Gasteiger partial charge in [-0.25, -0.2) is 9.97 Å². The van der Waals surface area contributed by atoms with Gasteiger partial charge in [0.1, 0.15) is 6.33 Å². The number of aromatic nitrogens is 4. The molecule has 0 unspecified atom stereocenters. The van der Waals surface area contributed by atoms with Crippen molar-refractivity contribution in [2.75, 3.05) is 6.54 Å². The predicted molar refractivity (Wildman–Crippen MR) is 79.9 cm³/mol. The van der Waals surface area contributed by atoms with Crippen molar-refractivity contribution >= 4 is 5.78 Å². The molecular weight excluding hydrogens is 268 g/mol. The molecule has 7 heteroatoms. The van der Waals surface area contributed by atoms with E-state index in [0.29, 0.717) is 24.4 Å². The monoisotopic (exact) mass is 290 g/mol. The maximum Gasteiger partial charge on any atom is 0.274 e. The minimum absolute atomic E-state index is 0.116. The van der Waals surface area contributed by atoms with E-state index < -0.39 is 0 Å². The number of nitrogens with zero attached hydrogens (tertiary/aromatic N) is 4. The zero-order chi connectivity index (χ0) is 14.8. The van der Waals surface area contributed by atoms with E-state index in [1.54, 1.807) is 6.07 Å². The van der Waals surface area contributed by atoms with E-state index >= 15 is 0 Å². The van der Waals surface area contributed by atoms with Crippen LogP contribution in [-0.4, -0.2) is 43.1 Å². The highest BCUT2D eigenvalue weighted by Gasteiger charge is 2.23. The summed E-state index contributed by atoms with van der Waals surface area (Å²) in [5.74, 6) is 0.430. The number of aromatic amines is 1. The molecule has 114 valence electrons. The van der Waals surface area contributed by atoms with Crippen LogP contribution in [0.4, 0.5) is 0 Å². The molecule has 2 aromatic rings. The van der Waals surface area contributed by atoms with Crippen molar-refractivity contribution in [3.63, 3.8) is 0 Å². The number of hydrogen-bond donors (Lipinski definition) is 2. The predicted octanol–water partition coefficient (Wildman–Crippen LogP) is 0.509. The van der Waals surface area contributed by atoms with Crippen LogP contribution in [0.25, 0.3) is 5.78 Å². The lowest BCUT2D eigenvalue weighted by atomic mass is 9.90. The number of H-pyrrole nitrogens is 1. The zero-order valence-corrected chi connectivity index (χ0v) is 12.3. The molecule has 0 atom stereocenters. The molecule has 0 radical (unpaired) electrons. The fraction of sp³-hybridized carbons (Fsp3) is 0.643. The number of rotatable bonds is 4. The van der Waals surface area contributed by atoms with Gasteiger partial charge in [-0.3, -0.25) is 14.8 Å². The van der Waals surface area contributed by atoms with E-state index in [9.17, 15) is 4.79 Å². The van der Waals surface area contributed by atoms with Gasteiger partial charge in [0.2, 0.25) is 0 Å². The number of fused-ring (bicyclic) bond motifs is 1. The third-order valence-corrected chi connectivity index (χ3v) is 4.35. The van der Waals surface area contributed by atoms with E-state index in [4.69, 9.17) is 5.73 Å². The van der Waals surface area contributed by atoms with E-state index in [2.05, 4.69) is 26.9 Å². The molecular formula is C14H22N6O. The third kappa shape index (κ3) is 2.98. The summed E-state index contributed by atoms with van der Waals surface area (Å²) in [5.41, 5.74) is 6.64. The fourth-order valence-corrected chi connectivity index (χ4v) is 3.12. The highest BCUT2D eigenvalue weighted by Crippen LogP contribution is 2.23. The Labute approximate surface area is 123 Å². The molecule has 1 aliphatic rings. The van der Waals surface area contributed by atoms with Gasteiger partial charge in [-0.1, -0.05) is 6.92 Å². The number of nitrogens with one attached hydrogen (secondary N) is 1. The highest BCUT2D eigenvalue weighted by molar-refractivity contribution is 5.26. The van der Waals surface area contributed by atoms with Gasteiger partial charge in [0.15, 0.2) is 0 Å². The summed E-state index contributed by atoms with van der Waals surface area (Å²) in [6.45, 7) is 3.78. The van der Waals surface area contributed by atoms with Crippen LogP contribution < -0.4 is 11.3 Å². The molecule has 1 fully saturated rings. The van der Waals surface area contributed by atoms with Crippen molar-refractivity contribution in [2.45, 2.75) is 51.2 Å². The van der Waals surface area contributed by atoms with E-state index in [0.717, 1.165) is 37.9 Å². The van der Waals surface area contributed by atoms with E-state index in [1.165, 1.54) is 10.8 Å². The molecule has 3 N–H and O–H groups in total. The van der Waals surface area contributed by atoms with Crippen LogP contribution in [0.5, 0.6) is 0 Å². The van der Waals surface area contributed by atoms with Crippen molar-refractivity contribution in [2.24, 2.45) is 5.73 Å². The Hall–Kier alpha value is -1.73. The summed E-state index contributed by atoms with van der Waals surface area (Å²) in [4.78, 5) is 22.9. The van der Waals surface area contributed by atoms with Crippen LogP contribution in [0.15, 0.2) is 17.2 Å². The molecule has 0 saturated heterocycles. The summed E-state index contributed by atoms with van der Waals surface area (Å²) in [7, 11) is 0. The lowest BCUT2D eigenvalue weighted by Gasteiger charge is -2.35. The molecule has 0 bridgehead atoms. The lowest BCUT2D eigenvalue weighted by molar-refractivity contribution is 0.147. The van der Waals surface area contributed by atoms with E-state index in [1.807, 2.05) is 0 Å². The summed E-state index contributed by atoms with van der Waals surface area (Å²) in [5, 5.41) is 2.75. The Morgan fingerprint density at radius 2 is 2.19 bits per heavy atom. The van der Waals surface area contributed by atoms with Crippen LogP contribution in [-0.2, 0) is 6.54 Å². The van der Waals surface area contributed by atoms with Gasteiger partial charge in [0, 0.05) is 24.7 Å². The third-order valence-electron chi connectivity index (χ3n) is 4.35.